The Balaban J connectivity index is 1.77. The lowest BCUT2D eigenvalue weighted by atomic mass is 10.1. The highest BCUT2D eigenvalue weighted by Crippen LogP contribution is 2.25. The van der Waals surface area contributed by atoms with E-state index in [2.05, 4.69) is 29.3 Å². The lowest BCUT2D eigenvalue weighted by Gasteiger charge is -2.24. The second kappa shape index (κ2) is 11.7. The number of anilines is 2. The third-order valence-corrected chi connectivity index (χ3v) is 7.61. The zero-order chi connectivity index (χ0) is 25.4. The Morgan fingerprint density at radius 3 is 2.11 bits per heavy atom. The highest BCUT2D eigenvalue weighted by molar-refractivity contribution is 7.92. The largest absolute Gasteiger partial charge is 0.372 e. The number of carbonyl (C=O) groups is 1. The summed E-state index contributed by atoms with van der Waals surface area (Å²) < 4.78 is 27.9. The first kappa shape index (κ1) is 26.0. The van der Waals surface area contributed by atoms with Gasteiger partial charge in [-0.05, 0) is 80.8 Å². The summed E-state index contributed by atoms with van der Waals surface area (Å²) in [6.45, 7) is 9.50. The Morgan fingerprint density at radius 1 is 0.886 bits per heavy atom. The number of sulfonamides is 1. The molecule has 0 saturated heterocycles. The fraction of sp³-hybridized carbons (Fsp3) is 0.259. The Kier molecular flexibility index (Phi) is 8.65. The lowest BCUT2D eigenvalue weighted by molar-refractivity contribution is -0.119. The summed E-state index contributed by atoms with van der Waals surface area (Å²) in [5.74, 6) is -0.543. The molecule has 0 saturated carbocycles. The predicted octanol–water partition coefficient (Wildman–Crippen LogP) is 4.50. The molecule has 3 aromatic carbocycles. The minimum Gasteiger partial charge on any atom is -0.372 e. The van der Waals surface area contributed by atoms with Gasteiger partial charge in [0, 0.05) is 18.8 Å². The fourth-order valence-electron chi connectivity index (χ4n) is 3.62. The average Bonchev–Trinajstić information content (AvgIpc) is 2.86. The van der Waals surface area contributed by atoms with Gasteiger partial charge in [-0.25, -0.2) is 13.8 Å². The molecular formula is C27H32N4O3S. The van der Waals surface area contributed by atoms with Gasteiger partial charge in [0.2, 0.25) is 0 Å². The fourth-order valence-corrected chi connectivity index (χ4v) is 5.05. The minimum atomic E-state index is -3.96. The number of rotatable bonds is 10. The number of nitrogens with zero attached hydrogens (tertiary/aromatic N) is 3. The highest BCUT2D eigenvalue weighted by atomic mass is 32.2. The van der Waals surface area contributed by atoms with Gasteiger partial charge in [-0.15, -0.1) is 0 Å². The van der Waals surface area contributed by atoms with Crippen LogP contribution in [0.5, 0.6) is 0 Å². The molecule has 0 aliphatic heterocycles. The van der Waals surface area contributed by atoms with E-state index in [1.54, 1.807) is 30.3 Å². The van der Waals surface area contributed by atoms with E-state index in [4.69, 9.17) is 0 Å². The van der Waals surface area contributed by atoms with Crippen molar-refractivity contribution < 1.29 is 13.2 Å². The molecule has 3 rings (SSSR count). The zero-order valence-electron chi connectivity index (χ0n) is 20.6. The van der Waals surface area contributed by atoms with Crippen molar-refractivity contribution in [3.8, 4) is 0 Å². The van der Waals surface area contributed by atoms with Gasteiger partial charge < -0.3 is 4.90 Å². The smallest absolute Gasteiger partial charge is 0.264 e. The summed E-state index contributed by atoms with van der Waals surface area (Å²) in [6, 6.07) is 21.3. The van der Waals surface area contributed by atoms with E-state index in [0.29, 0.717) is 5.69 Å². The second-order valence-corrected chi connectivity index (χ2v) is 10.0. The van der Waals surface area contributed by atoms with Gasteiger partial charge in [-0.3, -0.25) is 9.10 Å². The molecule has 7 nitrogen and oxygen atoms in total. The first-order valence-corrected chi connectivity index (χ1v) is 13.0. The Labute approximate surface area is 208 Å². The molecule has 0 aromatic heterocycles. The van der Waals surface area contributed by atoms with Gasteiger partial charge in [-0.1, -0.05) is 36.4 Å². The zero-order valence-corrected chi connectivity index (χ0v) is 21.4. The Hall–Kier alpha value is -3.65. The molecule has 0 atom stereocenters. The maximum Gasteiger partial charge on any atom is 0.264 e. The standard InChI is InChI=1S/C27H32N4O3S/c1-5-30(6-2)24-16-13-23(14-17-24)19-28-29-27(32)20-31(25-15-12-21(3)22(4)18-25)35(33,34)26-10-8-7-9-11-26/h7-19H,5-6,20H2,1-4H3,(H,29,32)/b28-19-. The number of hydrazone groups is 1. The van der Waals surface area contributed by atoms with Crippen LogP contribution >= 0.6 is 0 Å². The van der Waals surface area contributed by atoms with Crippen LogP contribution in [-0.2, 0) is 14.8 Å². The van der Waals surface area contributed by atoms with Crippen LogP contribution in [0.1, 0.15) is 30.5 Å². The van der Waals surface area contributed by atoms with Crippen LogP contribution in [-0.4, -0.2) is 40.2 Å². The van der Waals surface area contributed by atoms with Crippen molar-refractivity contribution in [1.29, 1.82) is 0 Å². The topological polar surface area (TPSA) is 82.1 Å². The monoisotopic (exact) mass is 492 g/mol. The summed E-state index contributed by atoms with van der Waals surface area (Å²) in [6.07, 6.45) is 1.54. The van der Waals surface area contributed by atoms with Crippen molar-refractivity contribution in [2.45, 2.75) is 32.6 Å². The first-order valence-electron chi connectivity index (χ1n) is 11.6. The van der Waals surface area contributed by atoms with E-state index in [1.807, 2.05) is 44.2 Å². The Bertz CT molecular complexity index is 1270. The van der Waals surface area contributed by atoms with Crippen LogP contribution < -0.4 is 14.6 Å². The number of hydrogen-bond donors (Lipinski definition) is 1. The van der Waals surface area contributed by atoms with Crippen LogP contribution in [0, 0.1) is 13.8 Å². The van der Waals surface area contributed by atoms with Crippen molar-refractivity contribution in [3.63, 3.8) is 0 Å². The molecule has 0 heterocycles. The van der Waals surface area contributed by atoms with Crippen LogP contribution in [0.3, 0.4) is 0 Å². The second-order valence-electron chi connectivity index (χ2n) is 8.15. The molecule has 3 aromatic rings. The molecule has 0 spiro atoms. The molecule has 0 aliphatic carbocycles. The number of carbonyl (C=O) groups excluding carboxylic acids is 1. The summed E-state index contributed by atoms with van der Waals surface area (Å²) in [5.41, 5.74) is 6.78. The first-order chi connectivity index (χ1) is 16.8. The summed E-state index contributed by atoms with van der Waals surface area (Å²) >= 11 is 0. The van der Waals surface area contributed by atoms with Crippen molar-refractivity contribution >= 4 is 33.5 Å². The summed E-state index contributed by atoms with van der Waals surface area (Å²) in [5, 5.41) is 4.03. The third kappa shape index (κ3) is 6.48. The van der Waals surface area contributed by atoms with E-state index in [0.717, 1.165) is 39.8 Å². The normalized spacial score (nSPS) is 11.4. The number of nitrogens with one attached hydrogen (secondary N) is 1. The molecule has 0 fully saturated rings. The van der Waals surface area contributed by atoms with Crippen molar-refractivity contribution in [3.05, 3.63) is 89.5 Å². The van der Waals surface area contributed by atoms with Gasteiger partial charge in [0.15, 0.2) is 0 Å². The SMILES string of the molecule is CCN(CC)c1ccc(/C=N\NC(=O)CN(c2ccc(C)c(C)c2)S(=O)(=O)c2ccccc2)cc1. The lowest BCUT2D eigenvalue weighted by Crippen LogP contribution is -2.39. The van der Waals surface area contributed by atoms with Crippen molar-refractivity contribution in [1.82, 2.24) is 5.43 Å². The van der Waals surface area contributed by atoms with E-state index < -0.39 is 22.5 Å². The van der Waals surface area contributed by atoms with E-state index >= 15 is 0 Å². The molecule has 0 aliphatic rings. The third-order valence-electron chi connectivity index (χ3n) is 5.82. The van der Waals surface area contributed by atoms with Crippen molar-refractivity contribution in [2.75, 3.05) is 28.8 Å². The van der Waals surface area contributed by atoms with Crippen molar-refractivity contribution in [2.24, 2.45) is 5.10 Å². The van der Waals surface area contributed by atoms with E-state index in [-0.39, 0.29) is 4.90 Å². The van der Waals surface area contributed by atoms with Crippen LogP contribution in [0.15, 0.2) is 82.8 Å². The number of aryl methyl sites for hydroxylation is 2. The van der Waals surface area contributed by atoms with Crippen LogP contribution in [0.25, 0.3) is 0 Å². The van der Waals surface area contributed by atoms with Crippen LogP contribution in [0.4, 0.5) is 11.4 Å². The van der Waals surface area contributed by atoms with Gasteiger partial charge in [0.25, 0.3) is 15.9 Å². The molecule has 8 heteroatoms. The molecule has 1 N–H and O–H groups in total. The average molecular weight is 493 g/mol. The van der Waals surface area contributed by atoms with Gasteiger partial charge in [0.1, 0.15) is 6.54 Å². The predicted molar refractivity (Wildman–Crippen MR) is 143 cm³/mol. The number of benzene rings is 3. The van der Waals surface area contributed by atoms with Crippen LogP contribution in [0.2, 0.25) is 0 Å². The molecule has 1 amide bonds. The van der Waals surface area contributed by atoms with E-state index in [1.165, 1.54) is 18.3 Å². The number of hydrogen-bond acceptors (Lipinski definition) is 5. The molecule has 0 unspecified atom stereocenters. The quantitative estimate of drug-likeness (QED) is 0.334. The van der Waals surface area contributed by atoms with Gasteiger partial charge in [0.05, 0.1) is 16.8 Å². The molecular weight excluding hydrogens is 460 g/mol. The molecule has 0 bridgehead atoms. The summed E-state index contributed by atoms with van der Waals surface area (Å²) in [7, 11) is -3.96. The Morgan fingerprint density at radius 2 is 1.51 bits per heavy atom. The maximum absolute atomic E-state index is 13.4. The highest BCUT2D eigenvalue weighted by Gasteiger charge is 2.27. The van der Waals surface area contributed by atoms with Gasteiger partial charge in [-0.2, -0.15) is 5.10 Å². The molecule has 184 valence electrons. The van der Waals surface area contributed by atoms with Gasteiger partial charge >= 0.3 is 0 Å². The molecule has 35 heavy (non-hydrogen) atoms. The maximum atomic E-state index is 13.4. The number of amides is 1. The van der Waals surface area contributed by atoms with E-state index in [9.17, 15) is 13.2 Å². The molecule has 0 radical (unpaired) electrons. The minimum absolute atomic E-state index is 0.114. The summed E-state index contributed by atoms with van der Waals surface area (Å²) in [4.78, 5) is 15.1.